The highest BCUT2D eigenvalue weighted by atomic mass is 19.1. The molecule has 0 heterocycles. The minimum atomic E-state index is -0.251. The lowest BCUT2D eigenvalue weighted by Gasteiger charge is -2.18. The Balaban J connectivity index is 2.28. The van der Waals surface area contributed by atoms with Crippen LogP contribution in [0.2, 0.25) is 0 Å². The molecule has 4 heteroatoms. The number of hydrogen-bond donors (Lipinski definition) is 1. The fourth-order valence-corrected chi connectivity index (χ4v) is 2.36. The van der Waals surface area contributed by atoms with Crippen LogP contribution >= 0.6 is 0 Å². The Morgan fingerprint density at radius 3 is 2.48 bits per heavy atom. The average Bonchev–Trinajstić information content (AvgIpc) is 2.49. The largest absolute Gasteiger partial charge is 0.497 e. The molecule has 2 rings (SSSR count). The maximum Gasteiger partial charge on any atom is 0.123 e. The van der Waals surface area contributed by atoms with Crippen LogP contribution in [-0.2, 0) is 6.42 Å². The van der Waals surface area contributed by atoms with E-state index in [-0.39, 0.29) is 11.9 Å². The van der Waals surface area contributed by atoms with Gasteiger partial charge >= 0.3 is 0 Å². The molecule has 2 aromatic carbocycles. The van der Waals surface area contributed by atoms with Crippen molar-refractivity contribution in [2.24, 2.45) is 5.73 Å². The number of halogens is 1. The molecule has 0 amide bonds. The van der Waals surface area contributed by atoms with E-state index < -0.39 is 0 Å². The maximum atomic E-state index is 13.2. The molecule has 0 fully saturated rings. The molecule has 0 saturated heterocycles. The quantitative estimate of drug-likeness (QED) is 0.917. The second kappa shape index (κ2) is 6.59. The van der Waals surface area contributed by atoms with Gasteiger partial charge in [0.25, 0.3) is 0 Å². The summed E-state index contributed by atoms with van der Waals surface area (Å²) in [5.41, 5.74) is 9.10. The van der Waals surface area contributed by atoms with Crippen molar-refractivity contribution in [1.82, 2.24) is 0 Å². The molecule has 2 aromatic rings. The van der Waals surface area contributed by atoms with Crippen molar-refractivity contribution >= 4 is 0 Å². The summed E-state index contributed by atoms with van der Waals surface area (Å²) in [6.45, 7) is 1.88. The Morgan fingerprint density at radius 1 is 1.10 bits per heavy atom. The predicted octanol–water partition coefficient (Wildman–Crippen LogP) is 3.39. The summed E-state index contributed by atoms with van der Waals surface area (Å²) in [5, 5.41) is 0. The number of methoxy groups -OCH3 is 2. The first-order valence-corrected chi connectivity index (χ1v) is 6.77. The fraction of sp³-hybridized carbons (Fsp3) is 0.294. The van der Waals surface area contributed by atoms with Gasteiger partial charge in [0.2, 0.25) is 0 Å². The molecule has 112 valence electrons. The van der Waals surface area contributed by atoms with Gasteiger partial charge in [-0.3, -0.25) is 0 Å². The number of rotatable bonds is 5. The van der Waals surface area contributed by atoms with Crippen molar-refractivity contribution < 1.29 is 13.9 Å². The van der Waals surface area contributed by atoms with Crippen LogP contribution in [0.4, 0.5) is 4.39 Å². The third-order valence-electron chi connectivity index (χ3n) is 3.58. The van der Waals surface area contributed by atoms with Gasteiger partial charge in [0.05, 0.1) is 14.2 Å². The zero-order valence-electron chi connectivity index (χ0n) is 12.5. The average molecular weight is 289 g/mol. The predicted molar refractivity (Wildman–Crippen MR) is 81.3 cm³/mol. The first kappa shape index (κ1) is 15.3. The van der Waals surface area contributed by atoms with E-state index in [9.17, 15) is 4.39 Å². The second-order valence-electron chi connectivity index (χ2n) is 4.99. The van der Waals surface area contributed by atoms with Gasteiger partial charge in [0, 0.05) is 11.6 Å². The zero-order valence-corrected chi connectivity index (χ0v) is 12.5. The van der Waals surface area contributed by atoms with E-state index in [2.05, 4.69) is 0 Å². The third-order valence-corrected chi connectivity index (χ3v) is 3.58. The molecule has 21 heavy (non-hydrogen) atoms. The smallest absolute Gasteiger partial charge is 0.123 e. The van der Waals surface area contributed by atoms with E-state index in [1.165, 1.54) is 12.1 Å². The maximum absolute atomic E-state index is 13.2. The van der Waals surface area contributed by atoms with Crippen molar-refractivity contribution in [1.29, 1.82) is 0 Å². The van der Waals surface area contributed by atoms with Crippen LogP contribution in [0, 0.1) is 12.7 Å². The van der Waals surface area contributed by atoms with Gasteiger partial charge < -0.3 is 15.2 Å². The van der Waals surface area contributed by atoms with Crippen molar-refractivity contribution in [2.75, 3.05) is 14.2 Å². The van der Waals surface area contributed by atoms with Crippen molar-refractivity contribution in [3.05, 3.63) is 58.9 Å². The summed E-state index contributed by atoms with van der Waals surface area (Å²) in [7, 11) is 3.22. The lowest BCUT2D eigenvalue weighted by Crippen LogP contribution is -2.15. The van der Waals surface area contributed by atoms with Crippen LogP contribution in [0.5, 0.6) is 11.5 Å². The molecule has 0 radical (unpaired) electrons. The summed E-state index contributed by atoms with van der Waals surface area (Å²) < 4.78 is 23.7. The molecule has 3 nitrogen and oxygen atoms in total. The molecular formula is C17H20FNO2. The molecule has 1 unspecified atom stereocenters. The molecular weight excluding hydrogens is 269 g/mol. The van der Waals surface area contributed by atoms with Crippen LogP contribution in [-0.4, -0.2) is 14.2 Å². The summed E-state index contributed by atoms with van der Waals surface area (Å²) >= 11 is 0. The second-order valence-corrected chi connectivity index (χ2v) is 4.99. The highest BCUT2D eigenvalue weighted by Crippen LogP contribution is 2.30. The highest BCUT2D eigenvalue weighted by molar-refractivity contribution is 5.43. The zero-order chi connectivity index (χ0) is 15.4. The highest BCUT2D eigenvalue weighted by Gasteiger charge is 2.15. The van der Waals surface area contributed by atoms with Gasteiger partial charge in [0.15, 0.2) is 0 Å². The molecule has 0 spiro atoms. The minimum absolute atomic E-state index is 0.233. The first-order chi connectivity index (χ1) is 10.0. The standard InChI is InChI=1S/C17H20FNO2/c1-11-8-13(18)5-4-12(11)9-16(19)15-10-14(20-2)6-7-17(15)21-3/h4-8,10,16H,9,19H2,1-3H3. The Morgan fingerprint density at radius 2 is 1.86 bits per heavy atom. The van der Waals surface area contributed by atoms with Gasteiger partial charge in [0.1, 0.15) is 17.3 Å². The van der Waals surface area contributed by atoms with Gasteiger partial charge in [-0.1, -0.05) is 6.07 Å². The molecule has 1 atom stereocenters. The van der Waals surface area contributed by atoms with Crippen LogP contribution in [0.3, 0.4) is 0 Å². The van der Waals surface area contributed by atoms with Crippen molar-refractivity contribution in [2.45, 2.75) is 19.4 Å². The van der Waals surface area contributed by atoms with E-state index >= 15 is 0 Å². The summed E-state index contributed by atoms with van der Waals surface area (Å²) in [6.07, 6.45) is 0.607. The van der Waals surface area contributed by atoms with E-state index in [1.807, 2.05) is 25.1 Å². The Bertz CT molecular complexity index is 628. The normalized spacial score (nSPS) is 12.0. The molecule has 0 aliphatic rings. The minimum Gasteiger partial charge on any atom is -0.497 e. The van der Waals surface area contributed by atoms with Gasteiger partial charge in [-0.25, -0.2) is 4.39 Å². The van der Waals surface area contributed by atoms with E-state index in [0.717, 1.165) is 28.2 Å². The van der Waals surface area contributed by atoms with Crippen molar-refractivity contribution in [3.63, 3.8) is 0 Å². The molecule has 0 aliphatic carbocycles. The lowest BCUT2D eigenvalue weighted by molar-refractivity contribution is 0.395. The SMILES string of the molecule is COc1ccc(OC)c(C(N)Cc2ccc(F)cc2C)c1. The van der Waals surface area contributed by atoms with Crippen LogP contribution in [0.1, 0.15) is 22.7 Å². The Kier molecular flexibility index (Phi) is 4.81. The topological polar surface area (TPSA) is 44.5 Å². The van der Waals surface area contributed by atoms with Crippen LogP contribution in [0.25, 0.3) is 0 Å². The van der Waals surface area contributed by atoms with Crippen molar-refractivity contribution in [3.8, 4) is 11.5 Å². The van der Waals surface area contributed by atoms with E-state index in [4.69, 9.17) is 15.2 Å². The monoisotopic (exact) mass is 289 g/mol. The first-order valence-electron chi connectivity index (χ1n) is 6.77. The van der Waals surface area contributed by atoms with Gasteiger partial charge in [-0.15, -0.1) is 0 Å². The molecule has 0 aromatic heterocycles. The summed E-state index contributed by atoms with van der Waals surface area (Å²) in [5.74, 6) is 1.23. The third kappa shape index (κ3) is 3.52. The Hall–Kier alpha value is -2.07. The number of aryl methyl sites for hydroxylation is 1. The Labute approximate surface area is 124 Å². The number of hydrogen-bond acceptors (Lipinski definition) is 3. The number of nitrogens with two attached hydrogens (primary N) is 1. The van der Waals surface area contributed by atoms with Crippen LogP contribution in [0.15, 0.2) is 36.4 Å². The summed E-state index contributed by atoms with van der Waals surface area (Å²) in [4.78, 5) is 0. The molecule has 0 aliphatic heterocycles. The van der Waals surface area contributed by atoms with Crippen LogP contribution < -0.4 is 15.2 Å². The molecule has 2 N–H and O–H groups in total. The number of ether oxygens (including phenoxy) is 2. The van der Waals surface area contributed by atoms with Gasteiger partial charge in [-0.05, 0) is 54.8 Å². The summed E-state index contributed by atoms with van der Waals surface area (Å²) in [6, 6.07) is 10.0. The van der Waals surface area contributed by atoms with E-state index in [0.29, 0.717) is 6.42 Å². The van der Waals surface area contributed by atoms with Gasteiger partial charge in [-0.2, -0.15) is 0 Å². The number of benzene rings is 2. The molecule has 0 saturated carbocycles. The fourth-order valence-electron chi connectivity index (χ4n) is 2.36. The molecule has 0 bridgehead atoms. The lowest BCUT2D eigenvalue weighted by atomic mass is 9.96. The van der Waals surface area contributed by atoms with E-state index in [1.54, 1.807) is 20.3 Å².